The number of carbonyl (C=O) groups is 1. The molecule has 0 spiro atoms. The summed E-state index contributed by atoms with van der Waals surface area (Å²) in [5.41, 5.74) is 3.22. The summed E-state index contributed by atoms with van der Waals surface area (Å²) < 4.78 is 3.69. The maximum Gasteiger partial charge on any atom is 0.305 e. The van der Waals surface area contributed by atoms with E-state index >= 15 is 0 Å². The smallest absolute Gasteiger partial charge is 0.305 e. The number of carboxylic acid groups (broad SMARTS) is 1. The number of nitrogens with one attached hydrogen (secondary N) is 1. The monoisotopic (exact) mass is 432 g/mol. The molecule has 0 fully saturated rings. The van der Waals surface area contributed by atoms with Gasteiger partial charge in [-0.1, -0.05) is 58.6 Å². The first-order chi connectivity index (χ1) is 14.9. The van der Waals surface area contributed by atoms with Gasteiger partial charge in [-0.3, -0.25) is 4.79 Å². The largest absolute Gasteiger partial charge is 0.481 e. The summed E-state index contributed by atoms with van der Waals surface area (Å²) in [6.45, 7) is 6.40. The molecule has 0 heterocycles. The van der Waals surface area contributed by atoms with Crippen LogP contribution in [0.4, 0.5) is 11.4 Å². The Kier molecular flexibility index (Phi) is 7.38. The molecule has 2 atom stereocenters. The second kappa shape index (κ2) is 10.2. The molecule has 0 radical (unpaired) electrons. The van der Waals surface area contributed by atoms with Crippen LogP contribution < -0.4 is 9.62 Å². The number of terminal acetylenes is 1. The third-order valence-electron chi connectivity index (χ3n) is 5.20. The van der Waals surface area contributed by atoms with Crippen LogP contribution in [0.5, 0.6) is 0 Å². The Hall–Kier alpha value is -3.23. The average molecular weight is 433 g/mol. The summed E-state index contributed by atoms with van der Waals surface area (Å²) in [7, 11) is -0.246. The van der Waals surface area contributed by atoms with E-state index < -0.39 is 5.97 Å². The highest BCUT2D eigenvalue weighted by Crippen LogP contribution is 2.37. The Morgan fingerprint density at radius 1 is 1.16 bits per heavy atom. The lowest BCUT2D eigenvalue weighted by molar-refractivity contribution is -0.137. The molecule has 3 aromatic rings. The van der Waals surface area contributed by atoms with Gasteiger partial charge in [0.25, 0.3) is 0 Å². The zero-order valence-corrected chi connectivity index (χ0v) is 18.9. The molecule has 0 aliphatic rings. The Balaban J connectivity index is 2.03. The van der Waals surface area contributed by atoms with E-state index in [1.807, 2.05) is 30.0 Å². The number of anilines is 2. The lowest BCUT2D eigenvalue weighted by atomic mass is 10.0. The van der Waals surface area contributed by atoms with Gasteiger partial charge in [0.2, 0.25) is 0 Å². The number of hydrogen-bond acceptors (Lipinski definition) is 3. The maximum atomic E-state index is 11.3. The summed E-state index contributed by atoms with van der Waals surface area (Å²) in [5, 5.41) is 13.6. The SMILES string of the molecule is C#CCN(c1ccc(NS(=CC)c2ccc(C)cc2)c2ccccc12)C(C)CC(=O)O. The summed E-state index contributed by atoms with van der Waals surface area (Å²) in [6.07, 6.45) is 5.64. The van der Waals surface area contributed by atoms with Gasteiger partial charge >= 0.3 is 5.97 Å². The Morgan fingerprint density at radius 3 is 2.45 bits per heavy atom. The zero-order chi connectivity index (χ0) is 22.4. The molecular formula is C26H28N2O2S. The number of benzene rings is 3. The van der Waals surface area contributed by atoms with Crippen molar-refractivity contribution >= 4 is 44.2 Å². The van der Waals surface area contributed by atoms with Crippen molar-refractivity contribution in [3.63, 3.8) is 0 Å². The van der Waals surface area contributed by atoms with E-state index in [1.54, 1.807) is 0 Å². The molecule has 31 heavy (non-hydrogen) atoms. The highest BCUT2D eigenvalue weighted by Gasteiger charge is 2.19. The standard InChI is InChI=1S/C26H28N2O2S/c1-5-17-28(20(4)18-26(29)30)25-16-15-24(22-9-7-8-10-23(22)25)27-31(6-2)21-13-11-19(3)12-14-21/h1,6-16,20,27H,17-18H2,2-4H3,(H,29,30). The van der Waals surface area contributed by atoms with Crippen molar-refractivity contribution in [3.05, 3.63) is 66.2 Å². The van der Waals surface area contributed by atoms with E-state index in [9.17, 15) is 9.90 Å². The van der Waals surface area contributed by atoms with Gasteiger partial charge in [0.15, 0.2) is 0 Å². The van der Waals surface area contributed by atoms with E-state index in [1.165, 1.54) is 10.5 Å². The number of aryl methyl sites for hydroxylation is 1. The molecule has 0 aliphatic heterocycles. The molecule has 0 bridgehead atoms. The number of hydrogen-bond donors (Lipinski definition) is 2. The molecule has 5 heteroatoms. The third-order valence-corrected chi connectivity index (χ3v) is 6.90. The van der Waals surface area contributed by atoms with E-state index in [-0.39, 0.29) is 23.1 Å². The fourth-order valence-electron chi connectivity index (χ4n) is 3.62. The number of fused-ring (bicyclic) bond motifs is 1. The van der Waals surface area contributed by atoms with Crippen molar-refractivity contribution in [1.82, 2.24) is 0 Å². The summed E-state index contributed by atoms with van der Waals surface area (Å²) in [6, 6.07) is 20.6. The summed E-state index contributed by atoms with van der Waals surface area (Å²) in [5.74, 6) is 1.85. The predicted molar refractivity (Wildman–Crippen MR) is 134 cm³/mol. The van der Waals surface area contributed by atoms with Crippen molar-refractivity contribution in [2.45, 2.75) is 38.1 Å². The van der Waals surface area contributed by atoms with Gasteiger partial charge in [-0.25, -0.2) is 0 Å². The fraction of sp³-hybridized carbons (Fsp3) is 0.231. The van der Waals surface area contributed by atoms with Crippen LogP contribution in [0.25, 0.3) is 10.8 Å². The second-order valence-electron chi connectivity index (χ2n) is 7.45. The highest BCUT2D eigenvalue weighted by molar-refractivity contribution is 8.16. The van der Waals surface area contributed by atoms with Gasteiger partial charge in [-0.15, -0.1) is 6.42 Å². The first kappa shape index (κ1) is 22.5. The van der Waals surface area contributed by atoms with Gasteiger partial charge in [-0.05, 0) is 50.4 Å². The number of aliphatic carboxylic acids is 1. The van der Waals surface area contributed by atoms with E-state index in [4.69, 9.17) is 6.42 Å². The zero-order valence-electron chi connectivity index (χ0n) is 18.1. The van der Waals surface area contributed by atoms with Crippen molar-refractivity contribution in [2.75, 3.05) is 16.2 Å². The Morgan fingerprint density at radius 2 is 1.84 bits per heavy atom. The van der Waals surface area contributed by atoms with Crippen molar-refractivity contribution in [3.8, 4) is 12.3 Å². The molecule has 0 saturated heterocycles. The molecular weight excluding hydrogens is 404 g/mol. The lowest BCUT2D eigenvalue weighted by Gasteiger charge is -2.30. The Bertz CT molecular complexity index is 1150. The maximum absolute atomic E-state index is 11.3. The van der Waals surface area contributed by atoms with Crippen LogP contribution in [-0.2, 0) is 4.79 Å². The van der Waals surface area contributed by atoms with Gasteiger partial charge in [0.05, 0.1) is 18.7 Å². The molecule has 0 saturated carbocycles. The van der Waals surface area contributed by atoms with Gasteiger partial charge < -0.3 is 14.7 Å². The van der Waals surface area contributed by atoms with Crippen LogP contribution in [0.2, 0.25) is 0 Å². The minimum atomic E-state index is -0.835. The molecule has 3 rings (SSSR count). The van der Waals surface area contributed by atoms with E-state index in [0.29, 0.717) is 6.54 Å². The van der Waals surface area contributed by atoms with E-state index in [0.717, 1.165) is 22.1 Å². The summed E-state index contributed by atoms with van der Waals surface area (Å²) >= 11 is 0. The summed E-state index contributed by atoms with van der Waals surface area (Å²) in [4.78, 5) is 14.5. The van der Waals surface area contributed by atoms with E-state index in [2.05, 4.69) is 72.3 Å². The van der Waals surface area contributed by atoms with Crippen LogP contribution in [0.3, 0.4) is 0 Å². The normalized spacial score (nSPS) is 12.8. The predicted octanol–water partition coefficient (Wildman–Crippen LogP) is 5.93. The lowest BCUT2D eigenvalue weighted by Crippen LogP contribution is -2.35. The first-order valence-electron chi connectivity index (χ1n) is 10.2. The number of carboxylic acids is 1. The number of rotatable bonds is 8. The molecule has 4 nitrogen and oxygen atoms in total. The molecule has 3 aromatic carbocycles. The van der Waals surface area contributed by atoms with Crippen LogP contribution >= 0.6 is 10.7 Å². The third kappa shape index (κ3) is 5.28. The molecule has 160 valence electrons. The van der Waals surface area contributed by atoms with Crippen molar-refractivity contribution in [2.24, 2.45) is 0 Å². The van der Waals surface area contributed by atoms with Crippen LogP contribution in [0.1, 0.15) is 25.8 Å². The molecule has 2 unspecified atom stereocenters. The molecule has 2 N–H and O–H groups in total. The highest BCUT2D eigenvalue weighted by atomic mass is 32.2. The van der Waals surface area contributed by atoms with Gasteiger partial charge in [-0.2, -0.15) is 0 Å². The minimum Gasteiger partial charge on any atom is -0.481 e. The van der Waals surface area contributed by atoms with Crippen molar-refractivity contribution < 1.29 is 9.90 Å². The van der Waals surface area contributed by atoms with Crippen molar-refractivity contribution in [1.29, 1.82) is 0 Å². The average Bonchev–Trinajstić information content (AvgIpc) is 2.76. The van der Waals surface area contributed by atoms with Gasteiger partial charge in [0.1, 0.15) is 0 Å². The fourth-order valence-corrected chi connectivity index (χ4v) is 4.97. The van der Waals surface area contributed by atoms with Crippen LogP contribution in [0.15, 0.2) is 65.6 Å². The van der Waals surface area contributed by atoms with Gasteiger partial charge in [0, 0.05) is 27.4 Å². The molecule has 0 aliphatic carbocycles. The Labute approximate surface area is 187 Å². The topological polar surface area (TPSA) is 52.6 Å². The first-order valence-corrected chi connectivity index (χ1v) is 11.5. The van der Waals surface area contributed by atoms with Crippen LogP contribution in [-0.4, -0.2) is 29.0 Å². The molecule has 0 amide bonds. The molecule has 0 aromatic heterocycles. The number of nitrogens with zero attached hydrogens (tertiary/aromatic N) is 1. The second-order valence-corrected chi connectivity index (χ2v) is 9.27. The quantitative estimate of drug-likeness (QED) is 0.342. The minimum absolute atomic E-state index is 0.0255. The van der Waals surface area contributed by atoms with Crippen LogP contribution in [0, 0.1) is 19.3 Å².